The van der Waals surface area contributed by atoms with Crippen molar-refractivity contribution in [2.45, 2.75) is 32.1 Å². The molecule has 0 saturated carbocycles. The summed E-state index contributed by atoms with van der Waals surface area (Å²) in [6.07, 6.45) is 1.92. The Bertz CT molecular complexity index is 301. The van der Waals surface area contributed by atoms with Crippen LogP contribution in [0, 0.1) is 0 Å². The van der Waals surface area contributed by atoms with Gasteiger partial charge >= 0.3 is 0 Å². The molecule has 0 aliphatic carbocycles. The summed E-state index contributed by atoms with van der Waals surface area (Å²) in [6.45, 7) is 4.27. The van der Waals surface area contributed by atoms with Gasteiger partial charge in [0, 0.05) is 5.41 Å². The molecule has 0 radical (unpaired) electrons. The fraction of sp³-hybridized carbons (Fsp3) is 0.417. The van der Waals surface area contributed by atoms with Gasteiger partial charge in [0.25, 0.3) is 0 Å². The number of thiocarbonyl (C=S) groups is 1. The van der Waals surface area contributed by atoms with Crippen molar-refractivity contribution in [3.8, 4) is 0 Å². The van der Waals surface area contributed by atoms with Crippen LogP contribution in [0.2, 0.25) is 0 Å². The maximum atomic E-state index is 5.86. The molecule has 0 aliphatic heterocycles. The molecule has 1 nitrogen and oxygen atoms in total. The average Bonchev–Trinajstić information content (AvgIpc) is 2.22. The third kappa shape index (κ3) is 1.80. The van der Waals surface area contributed by atoms with Crippen molar-refractivity contribution < 1.29 is 0 Å². The molecule has 1 rings (SSSR count). The van der Waals surface area contributed by atoms with Crippen molar-refractivity contribution in [1.82, 2.24) is 0 Å². The van der Waals surface area contributed by atoms with Gasteiger partial charge in [-0.3, -0.25) is 0 Å². The molecular weight excluding hydrogens is 190 g/mol. The molecule has 0 fully saturated rings. The second kappa shape index (κ2) is 4.56. The molecule has 0 amide bonds. The van der Waals surface area contributed by atoms with E-state index in [1.54, 1.807) is 0 Å². The van der Waals surface area contributed by atoms with E-state index in [-0.39, 0.29) is 5.41 Å². The molecule has 0 unspecified atom stereocenters. The van der Waals surface area contributed by atoms with E-state index < -0.39 is 0 Å². The van der Waals surface area contributed by atoms with Crippen LogP contribution < -0.4 is 5.73 Å². The van der Waals surface area contributed by atoms with Gasteiger partial charge in [-0.2, -0.15) is 0 Å². The minimum Gasteiger partial charge on any atom is -0.393 e. The maximum absolute atomic E-state index is 5.86. The van der Waals surface area contributed by atoms with E-state index in [0.717, 1.165) is 12.8 Å². The van der Waals surface area contributed by atoms with Gasteiger partial charge < -0.3 is 5.73 Å². The fourth-order valence-electron chi connectivity index (χ4n) is 1.91. The summed E-state index contributed by atoms with van der Waals surface area (Å²) < 4.78 is 0. The summed E-state index contributed by atoms with van der Waals surface area (Å²) in [4.78, 5) is 0.605. The lowest BCUT2D eigenvalue weighted by Crippen LogP contribution is -2.38. The summed E-state index contributed by atoms with van der Waals surface area (Å²) in [6, 6.07) is 10.3. The van der Waals surface area contributed by atoms with Crippen LogP contribution in [0.15, 0.2) is 30.3 Å². The van der Waals surface area contributed by atoms with Crippen molar-refractivity contribution in [3.63, 3.8) is 0 Å². The van der Waals surface area contributed by atoms with Gasteiger partial charge in [0.2, 0.25) is 0 Å². The van der Waals surface area contributed by atoms with Gasteiger partial charge in [0.15, 0.2) is 0 Å². The third-order valence-electron chi connectivity index (χ3n) is 3.01. The Balaban J connectivity index is 3.18. The lowest BCUT2D eigenvalue weighted by Gasteiger charge is -2.31. The van der Waals surface area contributed by atoms with Crippen LogP contribution in [0.1, 0.15) is 32.3 Å². The van der Waals surface area contributed by atoms with Crippen molar-refractivity contribution in [3.05, 3.63) is 35.9 Å². The molecule has 1 aromatic carbocycles. The largest absolute Gasteiger partial charge is 0.393 e. The zero-order valence-electron chi connectivity index (χ0n) is 8.79. The Morgan fingerprint density at radius 2 is 1.71 bits per heavy atom. The molecule has 2 N–H and O–H groups in total. The first kappa shape index (κ1) is 11.2. The smallest absolute Gasteiger partial charge is 0.0834 e. The molecule has 2 heteroatoms. The van der Waals surface area contributed by atoms with E-state index in [1.807, 2.05) is 18.2 Å². The summed E-state index contributed by atoms with van der Waals surface area (Å²) in [7, 11) is 0. The first-order valence-corrected chi connectivity index (χ1v) is 5.43. The van der Waals surface area contributed by atoms with Crippen LogP contribution in [0.5, 0.6) is 0 Å². The number of rotatable bonds is 4. The fourth-order valence-corrected chi connectivity index (χ4v) is 2.31. The minimum absolute atomic E-state index is 0.114. The first-order chi connectivity index (χ1) is 6.67. The quantitative estimate of drug-likeness (QED) is 0.768. The summed E-state index contributed by atoms with van der Waals surface area (Å²) >= 11 is 5.19. The molecule has 14 heavy (non-hydrogen) atoms. The first-order valence-electron chi connectivity index (χ1n) is 5.02. The summed E-state index contributed by atoms with van der Waals surface area (Å²) in [5, 5.41) is 0. The van der Waals surface area contributed by atoms with Crippen LogP contribution in [0.25, 0.3) is 0 Å². The lowest BCUT2D eigenvalue weighted by molar-refractivity contribution is 0.536. The molecule has 0 bridgehead atoms. The molecular formula is C12H17NS. The van der Waals surface area contributed by atoms with Crippen LogP contribution >= 0.6 is 12.2 Å². The van der Waals surface area contributed by atoms with E-state index in [9.17, 15) is 0 Å². The Morgan fingerprint density at radius 3 is 2.07 bits per heavy atom. The molecule has 0 aromatic heterocycles. The summed E-state index contributed by atoms with van der Waals surface area (Å²) in [5.41, 5.74) is 6.98. The highest BCUT2D eigenvalue weighted by atomic mass is 32.1. The number of benzene rings is 1. The Hall–Kier alpha value is -0.890. The van der Waals surface area contributed by atoms with Crippen molar-refractivity contribution in [1.29, 1.82) is 0 Å². The second-order valence-corrected chi connectivity index (χ2v) is 3.96. The molecule has 0 spiro atoms. The Kier molecular flexibility index (Phi) is 3.64. The van der Waals surface area contributed by atoms with E-state index in [1.165, 1.54) is 5.56 Å². The second-order valence-electron chi connectivity index (χ2n) is 3.52. The van der Waals surface area contributed by atoms with Gasteiger partial charge in [0.05, 0.1) is 4.99 Å². The third-order valence-corrected chi connectivity index (χ3v) is 3.40. The topological polar surface area (TPSA) is 26.0 Å². The highest BCUT2D eigenvalue weighted by Crippen LogP contribution is 2.31. The zero-order chi connectivity index (χ0) is 10.6. The lowest BCUT2D eigenvalue weighted by atomic mass is 9.76. The highest BCUT2D eigenvalue weighted by Gasteiger charge is 2.31. The Labute approximate surface area is 91.3 Å². The predicted octanol–water partition coefficient (Wildman–Crippen LogP) is 3.03. The number of nitrogens with two attached hydrogens (primary N) is 1. The van der Waals surface area contributed by atoms with Crippen LogP contribution in [-0.4, -0.2) is 4.99 Å². The molecule has 0 heterocycles. The standard InChI is InChI=1S/C12H17NS/c1-3-12(4-2,11(13)14)10-8-6-5-7-9-10/h5-9H,3-4H2,1-2H3,(H2,13,14). The SMILES string of the molecule is CCC(CC)(C(N)=S)c1ccccc1. The van der Waals surface area contributed by atoms with Crippen molar-refractivity contribution >= 4 is 17.2 Å². The molecule has 1 aromatic rings. The van der Waals surface area contributed by atoms with Gasteiger partial charge in [-0.25, -0.2) is 0 Å². The van der Waals surface area contributed by atoms with Crippen molar-refractivity contribution in [2.24, 2.45) is 5.73 Å². The average molecular weight is 207 g/mol. The Morgan fingerprint density at radius 1 is 1.21 bits per heavy atom. The van der Waals surface area contributed by atoms with Gasteiger partial charge in [-0.05, 0) is 18.4 Å². The monoisotopic (exact) mass is 207 g/mol. The summed E-state index contributed by atoms with van der Waals surface area (Å²) in [5.74, 6) is 0. The molecule has 0 aliphatic rings. The van der Waals surface area contributed by atoms with Gasteiger partial charge in [-0.1, -0.05) is 56.4 Å². The van der Waals surface area contributed by atoms with E-state index >= 15 is 0 Å². The van der Waals surface area contributed by atoms with E-state index in [2.05, 4.69) is 26.0 Å². The molecule has 76 valence electrons. The predicted molar refractivity (Wildman–Crippen MR) is 65.5 cm³/mol. The van der Waals surface area contributed by atoms with E-state index in [0.29, 0.717) is 4.99 Å². The number of hydrogen-bond donors (Lipinski definition) is 1. The molecule has 0 saturated heterocycles. The zero-order valence-corrected chi connectivity index (χ0v) is 9.60. The number of hydrogen-bond acceptors (Lipinski definition) is 1. The highest BCUT2D eigenvalue weighted by molar-refractivity contribution is 7.80. The van der Waals surface area contributed by atoms with Crippen LogP contribution in [0.3, 0.4) is 0 Å². The van der Waals surface area contributed by atoms with Crippen LogP contribution in [0.4, 0.5) is 0 Å². The van der Waals surface area contributed by atoms with Gasteiger partial charge in [0.1, 0.15) is 0 Å². The minimum atomic E-state index is -0.114. The van der Waals surface area contributed by atoms with Crippen LogP contribution in [-0.2, 0) is 5.41 Å². The normalized spacial score (nSPS) is 11.3. The van der Waals surface area contributed by atoms with E-state index in [4.69, 9.17) is 18.0 Å². The van der Waals surface area contributed by atoms with Gasteiger partial charge in [-0.15, -0.1) is 0 Å². The van der Waals surface area contributed by atoms with Crippen molar-refractivity contribution in [2.75, 3.05) is 0 Å². The molecule has 0 atom stereocenters. The maximum Gasteiger partial charge on any atom is 0.0834 e.